The van der Waals surface area contributed by atoms with Gasteiger partial charge in [-0.15, -0.1) is 0 Å². The van der Waals surface area contributed by atoms with Crippen LogP contribution in [-0.2, 0) is 4.79 Å². The van der Waals surface area contributed by atoms with E-state index in [0.29, 0.717) is 29.7 Å². The van der Waals surface area contributed by atoms with E-state index in [9.17, 15) is 27.9 Å². The standard InChI is InChI=1S/C27H25F3N4O4/c1-15-11-33(14-31-15)22-6-3-16(8-24(22)38-2)7-17-4-5-19-12-32(27(36)37)13-23(34(19)26(17)35)18-9-20(28)25(30)21(29)10-18/h3,6-11,14,19,23H,4-5,12-13H2,1-2H3,(H,36,37)/b17-7+/t19-,23-/m0/s1. The summed E-state index contributed by atoms with van der Waals surface area (Å²) in [6, 6.07) is 5.64. The Bertz CT molecular complexity index is 1430. The monoisotopic (exact) mass is 526 g/mol. The second-order valence-electron chi connectivity index (χ2n) is 9.43. The van der Waals surface area contributed by atoms with Crippen molar-refractivity contribution in [2.24, 2.45) is 0 Å². The zero-order chi connectivity index (χ0) is 27.1. The summed E-state index contributed by atoms with van der Waals surface area (Å²) in [5.41, 5.74) is 2.79. The Balaban J connectivity index is 1.49. The molecule has 1 aromatic heterocycles. The lowest BCUT2D eigenvalue weighted by molar-refractivity contribution is -0.138. The van der Waals surface area contributed by atoms with Gasteiger partial charge < -0.3 is 24.2 Å². The number of hydrogen-bond acceptors (Lipinski definition) is 4. The number of rotatable bonds is 4. The predicted molar refractivity (Wildman–Crippen MR) is 131 cm³/mol. The third kappa shape index (κ3) is 4.59. The Kier molecular flexibility index (Phi) is 6.60. The number of piperidine rings is 1. The van der Waals surface area contributed by atoms with Gasteiger partial charge in [0, 0.05) is 24.9 Å². The van der Waals surface area contributed by atoms with Crippen LogP contribution in [0.2, 0.25) is 0 Å². The van der Waals surface area contributed by atoms with Gasteiger partial charge in [-0.2, -0.15) is 0 Å². The van der Waals surface area contributed by atoms with E-state index < -0.39 is 35.6 Å². The van der Waals surface area contributed by atoms with Gasteiger partial charge in [-0.1, -0.05) is 6.07 Å². The van der Waals surface area contributed by atoms with E-state index >= 15 is 0 Å². The number of hydrogen-bond donors (Lipinski definition) is 1. The van der Waals surface area contributed by atoms with Gasteiger partial charge in [0.25, 0.3) is 5.91 Å². The molecule has 2 aliphatic rings. The number of carbonyl (C=O) groups excluding carboxylic acids is 1. The number of piperazine rings is 1. The molecular weight excluding hydrogens is 501 g/mol. The normalized spacial score (nSPS) is 20.6. The first-order valence-corrected chi connectivity index (χ1v) is 12.0. The number of methoxy groups -OCH3 is 1. The lowest BCUT2D eigenvalue weighted by Crippen LogP contribution is -2.59. The molecule has 1 N–H and O–H groups in total. The van der Waals surface area contributed by atoms with Gasteiger partial charge in [0.1, 0.15) is 5.75 Å². The predicted octanol–water partition coefficient (Wildman–Crippen LogP) is 4.72. The van der Waals surface area contributed by atoms with Gasteiger partial charge in [-0.25, -0.2) is 22.9 Å². The number of carboxylic acid groups (broad SMARTS) is 1. The molecule has 0 unspecified atom stereocenters. The third-order valence-electron chi connectivity index (χ3n) is 7.01. The number of halogens is 3. The smallest absolute Gasteiger partial charge is 0.407 e. The van der Waals surface area contributed by atoms with Crippen LogP contribution >= 0.6 is 0 Å². The van der Waals surface area contributed by atoms with Crippen molar-refractivity contribution in [1.29, 1.82) is 0 Å². The average Bonchev–Trinajstić information content (AvgIpc) is 3.33. The first-order chi connectivity index (χ1) is 18.2. The first-order valence-electron chi connectivity index (χ1n) is 12.0. The molecule has 0 radical (unpaired) electrons. The summed E-state index contributed by atoms with van der Waals surface area (Å²) in [4.78, 5) is 32.3. The van der Waals surface area contributed by atoms with Crippen LogP contribution < -0.4 is 4.74 Å². The van der Waals surface area contributed by atoms with Crippen molar-refractivity contribution in [3.8, 4) is 11.4 Å². The fourth-order valence-electron chi connectivity index (χ4n) is 5.18. The van der Waals surface area contributed by atoms with Crippen LogP contribution in [-0.4, -0.2) is 62.7 Å². The van der Waals surface area contributed by atoms with Gasteiger partial charge in [0.05, 0.1) is 36.9 Å². The third-order valence-corrected chi connectivity index (χ3v) is 7.01. The zero-order valence-corrected chi connectivity index (χ0v) is 20.7. The molecule has 2 aliphatic heterocycles. The Morgan fingerprint density at radius 2 is 1.89 bits per heavy atom. The lowest BCUT2D eigenvalue weighted by Gasteiger charge is -2.48. The molecule has 0 aliphatic carbocycles. The topological polar surface area (TPSA) is 87.9 Å². The summed E-state index contributed by atoms with van der Waals surface area (Å²) >= 11 is 0. The number of benzene rings is 2. The number of aromatic nitrogens is 2. The number of imidazole rings is 1. The minimum atomic E-state index is -1.62. The van der Waals surface area contributed by atoms with Crippen molar-refractivity contribution < 1.29 is 32.6 Å². The molecule has 2 aromatic carbocycles. The van der Waals surface area contributed by atoms with E-state index in [4.69, 9.17) is 4.74 Å². The highest BCUT2D eigenvalue weighted by atomic mass is 19.2. The van der Waals surface area contributed by atoms with E-state index in [2.05, 4.69) is 4.98 Å². The maximum Gasteiger partial charge on any atom is 0.407 e. The molecule has 2 fully saturated rings. The molecule has 0 saturated carbocycles. The summed E-state index contributed by atoms with van der Waals surface area (Å²) in [5.74, 6) is -4.21. The largest absolute Gasteiger partial charge is 0.495 e. The number of aryl methyl sites for hydroxylation is 1. The van der Waals surface area contributed by atoms with E-state index in [1.165, 1.54) is 4.90 Å². The SMILES string of the molecule is COc1cc(/C=C2\CC[C@H]3CN(C(=O)O)C[C@@H](c4cc(F)c(F)c(F)c4)N3C2=O)ccc1-n1cnc(C)c1. The Morgan fingerprint density at radius 1 is 1.16 bits per heavy atom. The summed E-state index contributed by atoms with van der Waals surface area (Å²) in [5, 5.41) is 9.60. The van der Waals surface area contributed by atoms with Crippen LogP contribution in [0.4, 0.5) is 18.0 Å². The van der Waals surface area contributed by atoms with E-state index in [1.54, 1.807) is 25.6 Å². The second-order valence-corrected chi connectivity index (χ2v) is 9.43. The molecule has 0 spiro atoms. The Morgan fingerprint density at radius 3 is 2.53 bits per heavy atom. The van der Waals surface area contributed by atoms with E-state index in [0.717, 1.165) is 28.4 Å². The summed E-state index contributed by atoms with van der Waals surface area (Å²) < 4.78 is 49.2. The molecule has 2 saturated heterocycles. The quantitative estimate of drug-likeness (QED) is 0.393. The molecule has 3 aromatic rings. The molecule has 11 heteroatoms. The molecule has 0 bridgehead atoms. The molecule has 38 heavy (non-hydrogen) atoms. The van der Waals surface area contributed by atoms with Crippen LogP contribution in [0, 0.1) is 24.4 Å². The Labute approximate surface area is 216 Å². The number of nitrogens with zero attached hydrogens (tertiary/aromatic N) is 4. The average molecular weight is 527 g/mol. The van der Waals surface area contributed by atoms with Crippen LogP contribution in [0.25, 0.3) is 11.8 Å². The van der Waals surface area contributed by atoms with Gasteiger partial charge in [0.15, 0.2) is 17.5 Å². The maximum absolute atomic E-state index is 14.1. The summed E-state index contributed by atoms with van der Waals surface area (Å²) in [6.45, 7) is 1.76. The summed E-state index contributed by atoms with van der Waals surface area (Å²) in [7, 11) is 1.55. The molecule has 8 nitrogen and oxygen atoms in total. The van der Waals surface area contributed by atoms with Gasteiger partial charge >= 0.3 is 6.09 Å². The van der Waals surface area contributed by atoms with Crippen LogP contribution in [0.3, 0.4) is 0 Å². The minimum Gasteiger partial charge on any atom is -0.495 e. The van der Waals surface area contributed by atoms with Crippen molar-refractivity contribution in [1.82, 2.24) is 19.4 Å². The van der Waals surface area contributed by atoms with Crippen LogP contribution in [0.15, 0.2) is 48.4 Å². The number of amides is 2. The van der Waals surface area contributed by atoms with Crippen molar-refractivity contribution >= 4 is 18.1 Å². The van der Waals surface area contributed by atoms with Crippen molar-refractivity contribution in [3.05, 3.63) is 82.7 Å². The van der Waals surface area contributed by atoms with Gasteiger partial charge in [-0.05, 0) is 61.2 Å². The van der Waals surface area contributed by atoms with Crippen molar-refractivity contribution in [2.75, 3.05) is 20.2 Å². The zero-order valence-electron chi connectivity index (χ0n) is 20.7. The van der Waals surface area contributed by atoms with E-state index in [1.807, 2.05) is 29.8 Å². The van der Waals surface area contributed by atoms with Crippen molar-refractivity contribution in [2.45, 2.75) is 31.8 Å². The van der Waals surface area contributed by atoms with E-state index in [-0.39, 0.29) is 24.6 Å². The van der Waals surface area contributed by atoms with Crippen LogP contribution in [0.1, 0.15) is 35.7 Å². The molecule has 3 heterocycles. The highest BCUT2D eigenvalue weighted by molar-refractivity contribution is 5.99. The fraction of sp³-hybridized carbons (Fsp3) is 0.296. The molecular formula is C27H25F3N4O4. The highest BCUT2D eigenvalue weighted by Gasteiger charge is 2.43. The number of ether oxygens (including phenoxy) is 1. The maximum atomic E-state index is 14.1. The second kappa shape index (κ2) is 9.88. The van der Waals surface area contributed by atoms with Gasteiger partial charge in [-0.3, -0.25) is 4.79 Å². The lowest BCUT2D eigenvalue weighted by atomic mass is 9.89. The first kappa shape index (κ1) is 25.4. The van der Waals surface area contributed by atoms with Crippen LogP contribution in [0.5, 0.6) is 5.75 Å². The van der Waals surface area contributed by atoms with Gasteiger partial charge in [0.2, 0.25) is 0 Å². The van der Waals surface area contributed by atoms with Crippen molar-refractivity contribution in [3.63, 3.8) is 0 Å². The Hall–Kier alpha value is -4.28. The molecule has 2 amide bonds. The molecule has 198 valence electrons. The summed E-state index contributed by atoms with van der Waals surface area (Å²) in [6.07, 6.45) is 4.90. The molecule has 2 atom stereocenters. The fourth-order valence-corrected chi connectivity index (χ4v) is 5.18. The molecule has 5 rings (SSSR count). The highest BCUT2D eigenvalue weighted by Crippen LogP contribution is 2.38. The number of carbonyl (C=O) groups is 2. The number of fused-ring (bicyclic) bond motifs is 1. The minimum absolute atomic E-state index is 0.00593.